The Labute approximate surface area is 113 Å². The molecule has 1 unspecified atom stereocenters. The summed E-state index contributed by atoms with van der Waals surface area (Å²) in [4.78, 5) is 0. The van der Waals surface area contributed by atoms with Gasteiger partial charge in [-0.25, -0.2) is 0 Å². The van der Waals surface area contributed by atoms with Crippen LogP contribution in [0.1, 0.15) is 59.3 Å². The van der Waals surface area contributed by atoms with Crippen LogP contribution in [-0.2, 0) is 4.74 Å². The van der Waals surface area contributed by atoms with Crippen LogP contribution >= 0.6 is 0 Å². The average Bonchev–Trinajstić information content (AvgIpc) is 2.33. The summed E-state index contributed by atoms with van der Waals surface area (Å²) in [6.45, 7) is 9.54. The van der Waals surface area contributed by atoms with E-state index in [-0.39, 0.29) is 6.10 Å². The largest absolute Gasteiger partial charge is 0.389 e. The molecule has 0 spiro atoms. The molecular weight excluding hydrogens is 226 g/mol. The highest BCUT2D eigenvalue weighted by molar-refractivity contribution is 4.58. The Morgan fingerprint density at radius 1 is 1.11 bits per heavy atom. The number of aliphatic hydroxyl groups excluding tert-OH is 1. The maximum atomic E-state index is 9.67. The topological polar surface area (TPSA) is 41.5 Å². The van der Waals surface area contributed by atoms with Crippen LogP contribution in [-0.4, -0.2) is 37.5 Å². The molecule has 0 aliphatic carbocycles. The summed E-state index contributed by atoms with van der Waals surface area (Å²) in [5, 5.41) is 12.9. The van der Waals surface area contributed by atoms with Crippen molar-refractivity contribution in [1.29, 1.82) is 0 Å². The number of unbranched alkanes of at least 4 members (excludes halogenated alkanes) is 3. The first-order chi connectivity index (χ1) is 8.66. The SMILES string of the molecule is CCCCCCNCC(O)COCCCC(C)C. The first-order valence-electron chi connectivity index (χ1n) is 7.63. The number of aliphatic hydroxyl groups is 1. The van der Waals surface area contributed by atoms with Crippen LogP contribution < -0.4 is 5.32 Å². The van der Waals surface area contributed by atoms with Gasteiger partial charge in [0.25, 0.3) is 0 Å². The van der Waals surface area contributed by atoms with Gasteiger partial charge >= 0.3 is 0 Å². The van der Waals surface area contributed by atoms with Gasteiger partial charge in [-0.05, 0) is 31.7 Å². The lowest BCUT2D eigenvalue weighted by Gasteiger charge is -2.12. The van der Waals surface area contributed by atoms with E-state index in [4.69, 9.17) is 4.74 Å². The van der Waals surface area contributed by atoms with Crippen molar-refractivity contribution < 1.29 is 9.84 Å². The lowest BCUT2D eigenvalue weighted by molar-refractivity contribution is 0.0348. The summed E-state index contributed by atoms with van der Waals surface area (Å²) in [6.07, 6.45) is 6.99. The predicted molar refractivity (Wildman–Crippen MR) is 77.9 cm³/mol. The maximum Gasteiger partial charge on any atom is 0.0897 e. The first kappa shape index (κ1) is 17.9. The van der Waals surface area contributed by atoms with Gasteiger partial charge < -0.3 is 15.2 Å². The van der Waals surface area contributed by atoms with Crippen LogP contribution in [0.2, 0.25) is 0 Å². The van der Waals surface area contributed by atoms with E-state index in [1.165, 1.54) is 32.1 Å². The van der Waals surface area contributed by atoms with E-state index in [2.05, 4.69) is 26.1 Å². The Balaban J connectivity index is 3.15. The highest BCUT2D eigenvalue weighted by atomic mass is 16.5. The van der Waals surface area contributed by atoms with E-state index in [0.717, 1.165) is 25.5 Å². The quantitative estimate of drug-likeness (QED) is 0.500. The zero-order chi connectivity index (χ0) is 13.6. The molecule has 0 heterocycles. The molecule has 0 aromatic carbocycles. The van der Waals surface area contributed by atoms with Gasteiger partial charge in [0, 0.05) is 13.2 Å². The molecule has 18 heavy (non-hydrogen) atoms. The fourth-order valence-electron chi connectivity index (χ4n) is 1.82. The van der Waals surface area contributed by atoms with Gasteiger partial charge in [-0.3, -0.25) is 0 Å². The van der Waals surface area contributed by atoms with Gasteiger partial charge in [-0.1, -0.05) is 40.0 Å². The van der Waals surface area contributed by atoms with Crippen molar-refractivity contribution in [3.63, 3.8) is 0 Å². The normalized spacial score (nSPS) is 13.2. The molecule has 3 nitrogen and oxygen atoms in total. The second kappa shape index (κ2) is 13.3. The maximum absolute atomic E-state index is 9.67. The average molecular weight is 259 g/mol. The number of nitrogens with one attached hydrogen (secondary N) is 1. The lowest BCUT2D eigenvalue weighted by Crippen LogP contribution is -2.31. The molecule has 2 N–H and O–H groups in total. The molecule has 0 fully saturated rings. The molecule has 110 valence electrons. The first-order valence-corrected chi connectivity index (χ1v) is 7.63. The minimum Gasteiger partial charge on any atom is -0.389 e. The standard InChI is InChI=1S/C15H33NO2/c1-4-5-6-7-10-16-12-15(17)13-18-11-8-9-14(2)3/h14-17H,4-13H2,1-3H3. The van der Waals surface area contributed by atoms with Crippen molar-refractivity contribution in [3.05, 3.63) is 0 Å². The number of hydrogen-bond donors (Lipinski definition) is 2. The van der Waals surface area contributed by atoms with E-state index in [0.29, 0.717) is 13.2 Å². The van der Waals surface area contributed by atoms with Crippen molar-refractivity contribution in [1.82, 2.24) is 5.32 Å². The van der Waals surface area contributed by atoms with E-state index in [9.17, 15) is 5.11 Å². The molecule has 0 saturated carbocycles. The van der Waals surface area contributed by atoms with Crippen LogP contribution in [0.4, 0.5) is 0 Å². The molecule has 0 amide bonds. The highest BCUT2D eigenvalue weighted by Gasteiger charge is 2.03. The van der Waals surface area contributed by atoms with Crippen molar-refractivity contribution in [3.8, 4) is 0 Å². The lowest BCUT2D eigenvalue weighted by atomic mass is 10.1. The van der Waals surface area contributed by atoms with Crippen molar-refractivity contribution in [2.45, 2.75) is 65.4 Å². The molecule has 0 radical (unpaired) electrons. The second-order valence-electron chi connectivity index (χ2n) is 5.53. The number of ether oxygens (including phenoxy) is 1. The molecular formula is C15H33NO2. The summed E-state index contributed by atoms with van der Waals surface area (Å²) in [5.41, 5.74) is 0. The van der Waals surface area contributed by atoms with Crippen molar-refractivity contribution in [2.24, 2.45) is 5.92 Å². The molecule has 0 bridgehead atoms. The van der Waals surface area contributed by atoms with Gasteiger partial charge in [0.2, 0.25) is 0 Å². The van der Waals surface area contributed by atoms with E-state index < -0.39 is 0 Å². The Morgan fingerprint density at radius 2 is 1.89 bits per heavy atom. The van der Waals surface area contributed by atoms with Crippen molar-refractivity contribution in [2.75, 3.05) is 26.3 Å². The molecule has 0 rings (SSSR count). The Bertz CT molecular complexity index is 163. The van der Waals surface area contributed by atoms with E-state index in [1.54, 1.807) is 0 Å². The zero-order valence-corrected chi connectivity index (χ0v) is 12.6. The zero-order valence-electron chi connectivity index (χ0n) is 12.6. The van der Waals surface area contributed by atoms with Crippen LogP contribution in [0.3, 0.4) is 0 Å². The van der Waals surface area contributed by atoms with Gasteiger partial charge in [0.05, 0.1) is 12.7 Å². The smallest absolute Gasteiger partial charge is 0.0897 e. The molecule has 0 saturated heterocycles. The number of rotatable bonds is 13. The third-order valence-electron chi connectivity index (χ3n) is 2.97. The van der Waals surface area contributed by atoms with Crippen LogP contribution in [0.15, 0.2) is 0 Å². The monoisotopic (exact) mass is 259 g/mol. The summed E-state index contributed by atoms with van der Waals surface area (Å²) in [5.74, 6) is 0.739. The van der Waals surface area contributed by atoms with Gasteiger partial charge in [-0.2, -0.15) is 0 Å². The third kappa shape index (κ3) is 13.9. The molecule has 0 aliphatic heterocycles. The Kier molecular flexibility index (Phi) is 13.2. The van der Waals surface area contributed by atoms with Crippen LogP contribution in [0.5, 0.6) is 0 Å². The summed E-state index contributed by atoms with van der Waals surface area (Å²) in [6, 6.07) is 0. The Hall–Kier alpha value is -0.120. The minimum absolute atomic E-state index is 0.366. The van der Waals surface area contributed by atoms with Gasteiger partial charge in [0.1, 0.15) is 0 Å². The predicted octanol–water partition coefficient (Wildman–Crippen LogP) is 2.97. The minimum atomic E-state index is -0.366. The van der Waals surface area contributed by atoms with E-state index >= 15 is 0 Å². The summed E-state index contributed by atoms with van der Waals surface area (Å²) in [7, 11) is 0. The van der Waals surface area contributed by atoms with Gasteiger partial charge in [0.15, 0.2) is 0 Å². The van der Waals surface area contributed by atoms with Crippen LogP contribution in [0.25, 0.3) is 0 Å². The molecule has 3 heteroatoms. The highest BCUT2D eigenvalue weighted by Crippen LogP contribution is 2.03. The molecule has 0 aromatic rings. The number of hydrogen-bond acceptors (Lipinski definition) is 3. The molecule has 1 atom stereocenters. The van der Waals surface area contributed by atoms with E-state index in [1.807, 2.05) is 0 Å². The molecule has 0 aromatic heterocycles. The van der Waals surface area contributed by atoms with Crippen LogP contribution in [0, 0.1) is 5.92 Å². The third-order valence-corrected chi connectivity index (χ3v) is 2.97. The fourth-order valence-corrected chi connectivity index (χ4v) is 1.82. The second-order valence-corrected chi connectivity index (χ2v) is 5.53. The van der Waals surface area contributed by atoms with Crippen molar-refractivity contribution >= 4 is 0 Å². The summed E-state index contributed by atoms with van der Waals surface area (Å²) >= 11 is 0. The fraction of sp³-hybridized carbons (Fsp3) is 1.00. The summed E-state index contributed by atoms with van der Waals surface area (Å²) < 4.78 is 5.45. The van der Waals surface area contributed by atoms with Gasteiger partial charge in [-0.15, -0.1) is 0 Å². The molecule has 0 aliphatic rings. The Morgan fingerprint density at radius 3 is 2.56 bits per heavy atom.